The topological polar surface area (TPSA) is 98.9 Å². The number of hydrogen-bond donors (Lipinski definition) is 2. The number of esters is 2. The SMILES string of the molecule is C=C(C)[C@@H]1CCC(C)=C[C@H]1c1c(O)cc(CCCCC)cc1OC(=O)C(F)(F)CCC(F)(F)OC(=O)C[C@@H](CN)CC(C)C. The molecule has 1 aliphatic rings. The van der Waals surface area contributed by atoms with Gasteiger partial charge >= 0.3 is 24.0 Å². The lowest BCUT2D eigenvalue weighted by Crippen LogP contribution is -2.36. The van der Waals surface area contributed by atoms with Crippen LogP contribution in [0.4, 0.5) is 17.6 Å². The number of benzene rings is 1. The van der Waals surface area contributed by atoms with Gasteiger partial charge < -0.3 is 20.3 Å². The van der Waals surface area contributed by atoms with Gasteiger partial charge in [-0.05, 0) is 87.9 Å². The monoisotopic (exact) mass is 627 g/mol. The molecule has 0 spiro atoms. The number of phenols is 1. The molecule has 6 nitrogen and oxygen atoms in total. The number of carbonyl (C=O) groups excluding carboxylic acids is 2. The number of unbranched alkanes of at least 4 members (excludes halogenated alkanes) is 2. The highest BCUT2D eigenvalue weighted by Gasteiger charge is 2.46. The molecule has 0 saturated carbocycles. The third-order valence-corrected chi connectivity index (χ3v) is 8.05. The molecule has 0 bridgehead atoms. The molecule has 0 fully saturated rings. The van der Waals surface area contributed by atoms with Gasteiger partial charge in [0.2, 0.25) is 0 Å². The normalized spacial score (nSPS) is 18.1. The molecule has 0 aromatic heterocycles. The van der Waals surface area contributed by atoms with E-state index >= 15 is 8.78 Å². The van der Waals surface area contributed by atoms with Crippen molar-refractivity contribution in [2.24, 2.45) is 23.5 Å². The van der Waals surface area contributed by atoms with Gasteiger partial charge in [-0.1, -0.05) is 57.4 Å². The molecule has 3 N–H and O–H groups in total. The van der Waals surface area contributed by atoms with Crippen LogP contribution >= 0.6 is 0 Å². The number of hydrogen-bond acceptors (Lipinski definition) is 6. The number of carbonyl (C=O) groups is 2. The number of ether oxygens (including phenoxy) is 2. The van der Waals surface area contributed by atoms with E-state index in [4.69, 9.17) is 10.5 Å². The van der Waals surface area contributed by atoms with Gasteiger partial charge in [-0.2, -0.15) is 17.6 Å². The number of aryl methyl sites for hydroxylation is 1. The second kappa shape index (κ2) is 16.4. The van der Waals surface area contributed by atoms with E-state index in [2.05, 4.69) is 11.3 Å². The standard InChI is InChI=1S/C34H49F4NO5/c1-7-8-9-10-24-17-28(40)31(27-16-23(6)11-12-26(27)22(4)5)29(18-24)43-32(42)33(35,36)13-14-34(37,38)44-30(41)19-25(20-39)15-21(2)3/h16-18,21,25-27,40H,4,7-15,19-20,39H2,1-3,5-6H3/t25-,26-,27+/m0/s1. The van der Waals surface area contributed by atoms with Crippen LogP contribution in [0, 0.1) is 17.8 Å². The average Bonchev–Trinajstić information content (AvgIpc) is 2.91. The Morgan fingerprint density at radius 3 is 2.43 bits per heavy atom. The van der Waals surface area contributed by atoms with Crippen LogP contribution in [0.5, 0.6) is 11.5 Å². The summed E-state index contributed by atoms with van der Waals surface area (Å²) in [5.41, 5.74) is 8.24. The Balaban J connectivity index is 2.28. The zero-order valence-electron chi connectivity index (χ0n) is 26.7. The van der Waals surface area contributed by atoms with Crippen molar-refractivity contribution in [3.63, 3.8) is 0 Å². The first-order valence-corrected chi connectivity index (χ1v) is 15.6. The minimum absolute atomic E-state index is 0.0867. The molecule has 3 atom stereocenters. The molecule has 0 radical (unpaired) electrons. The van der Waals surface area contributed by atoms with Crippen LogP contribution in [-0.2, 0) is 20.7 Å². The van der Waals surface area contributed by atoms with Crippen LogP contribution in [0.2, 0.25) is 0 Å². The second-order valence-corrected chi connectivity index (χ2v) is 12.7. The summed E-state index contributed by atoms with van der Waals surface area (Å²) >= 11 is 0. The number of phenolic OH excluding ortho intramolecular Hbond substituents is 1. The molecule has 2 rings (SSSR count). The smallest absolute Gasteiger partial charge is 0.400 e. The van der Waals surface area contributed by atoms with Gasteiger partial charge in [0.05, 0.1) is 6.42 Å². The fraction of sp³-hybridized carbons (Fsp3) is 0.647. The summed E-state index contributed by atoms with van der Waals surface area (Å²) in [4.78, 5) is 24.9. The summed E-state index contributed by atoms with van der Waals surface area (Å²) in [5, 5.41) is 11.1. The first kappa shape index (κ1) is 37.3. The lowest BCUT2D eigenvalue weighted by atomic mass is 9.73. The lowest BCUT2D eigenvalue weighted by molar-refractivity contribution is -0.241. The fourth-order valence-corrected chi connectivity index (χ4v) is 5.72. The molecule has 1 aromatic rings. The van der Waals surface area contributed by atoms with Crippen LogP contribution in [0.1, 0.15) is 109 Å². The van der Waals surface area contributed by atoms with Crippen molar-refractivity contribution in [3.8, 4) is 11.5 Å². The first-order chi connectivity index (χ1) is 20.5. The van der Waals surface area contributed by atoms with Gasteiger partial charge in [-0.25, -0.2) is 4.79 Å². The van der Waals surface area contributed by atoms with Gasteiger partial charge in [-0.3, -0.25) is 4.79 Å². The maximum absolute atomic E-state index is 15.0. The molecule has 44 heavy (non-hydrogen) atoms. The quantitative estimate of drug-likeness (QED) is 0.0590. The summed E-state index contributed by atoms with van der Waals surface area (Å²) in [5.74, 6) is -8.88. The Morgan fingerprint density at radius 1 is 1.16 bits per heavy atom. The van der Waals surface area contributed by atoms with Crippen molar-refractivity contribution >= 4 is 11.9 Å². The molecule has 0 amide bonds. The summed E-state index contributed by atoms with van der Waals surface area (Å²) in [6.07, 6.45) is -0.735. The molecule has 0 saturated heterocycles. The third-order valence-electron chi connectivity index (χ3n) is 8.05. The summed E-state index contributed by atoms with van der Waals surface area (Å²) < 4.78 is 68.3. The Hall–Kier alpha value is -2.88. The number of rotatable bonds is 17. The van der Waals surface area contributed by atoms with Gasteiger partial charge in [0.25, 0.3) is 0 Å². The van der Waals surface area contributed by atoms with Crippen LogP contribution in [0.25, 0.3) is 0 Å². The second-order valence-electron chi connectivity index (χ2n) is 12.7. The maximum Gasteiger partial charge on any atom is 0.400 e. The van der Waals surface area contributed by atoms with Crippen LogP contribution in [0.3, 0.4) is 0 Å². The van der Waals surface area contributed by atoms with Crippen molar-refractivity contribution < 1.29 is 41.7 Å². The van der Waals surface area contributed by atoms with E-state index in [1.165, 1.54) is 6.07 Å². The minimum atomic E-state index is -4.33. The molecule has 10 heteroatoms. The number of alkyl halides is 4. The molecule has 0 heterocycles. The van der Waals surface area contributed by atoms with Crippen molar-refractivity contribution in [1.29, 1.82) is 0 Å². The molecule has 1 aromatic carbocycles. The molecular weight excluding hydrogens is 578 g/mol. The lowest BCUT2D eigenvalue weighted by Gasteiger charge is -2.32. The first-order valence-electron chi connectivity index (χ1n) is 15.6. The summed E-state index contributed by atoms with van der Waals surface area (Å²) in [7, 11) is 0. The molecule has 248 valence electrons. The van der Waals surface area contributed by atoms with E-state index in [0.29, 0.717) is 24.8 Å². The van der Waals surface area contributed by atoms with E-state index < -0.39 is 42.7 Å². The fourth-order valence-electron chi connectivity index (χ4n) is 5.72. The van der Waals surface area contributed by atoms with Crippen molar-refractivity contribution in [1.82, 2.24) is 0 Å². The Bertz CT molecular complexity index is 1180. The highest BCUT2D eigenvalue weighted by Crippen LogP contribution is 2.47. The highest BCUT2D eigenvalue weighted by molar-refractivity contribution is 5.80. The van der Waals surface area contributed by atoms with Gasteiger partial charge in [0.1, 0.15) is 11.5 Å². The van der Waals surface area contributed by atoms with E-state index in [1.807, 2.05) is 40.7 Å². The van der Waals surface area contributed by atoms with E-state index in [9.17, 15) is 23.5 Å². The van der Waals surface area contributed by atoms with Gasteiger partial charge in [0, 0.05) is 24.3 Å². The molecule has 0 aliphatic heterocycles. The largest absolute Gasteiger partial charge is 0.507 e. The minimum Gasteiger partial charge on any atom is -0.507 e. The predicted octanol–water partition coefficient (Wildman–Crippen LogP) is 8.61. The van der Waals surface area contributed by atoms with Crippen LogP contribution in [-0.4, -0.2) is 35.6 Å². The Labute approximate surface area is 259 Å². The Morgan fingerprint density at radius 2 is 1.84 bits per heavy atom. The number of allylic oxidation sites excluding steroid dienone is 3. The zero-order chi connectivity index (χ0) is 33.2. The zero-order valence-corrected chi connectivity index (χ0v) is 26.7. The highest BCUT2D eigenvalue weighted by atomic mass is 19.3. The Kier molecular flexibility index (Phi) is 13.9. The van der Waals surface area contributed by atoms with E-state index in [1.54, 1.807) is 6.07 Å². The number of nitrogens with two attached hydrogens (primary N) is 1. The maximum atomic E-state index is 15.0. The predicted molar refractivity (Wildman–Crippen MR) is 163 cm³/mol. The summed E-state index contributed by atoms with van der Waals surface area (Å²) in [6, 6.07) is 3.02. The molecular formula is C34H49F4NO5. The average molecular weight is 628 g/mol. The van der Waals surface area contributed by atoms with Crippen molar-refractivity contribution in [2.45, 2.75) is 117 Å². The van der Waals surface area contributed by atoms with Gasteiger partial charge in [0.15, 0.2) is 0 Å². The van der Waals surface area contributed by atoms with Crippen LogP contribution < -0.4 is 10.5 Å². The summed E-state index contributed by atoms with van der Waals surface area (Å²) in [6.45, 7) is 13.7. The third kappa shape index (κ3) is 11.2. The van der Waals surface area contributed by atoms with E-state index in [-0.39, 0.29) is 47.8 Å². The van der Waals surface area contributed by atoms with Crippen molar-refractivity contribution in [3.05, 3.63) is 47.1 Å². The molecule has 0 unspecified atom stereocenters. The van der Waals surface area contributed by atoms with Crippen molar-refractivity contribution in [2.75, 3.05) is 6.54 Å². The van der Waals surface area contributed by atoms with Gasteiger partial charge in [-0.15, -0.1) is 0 Å². The number of halogens is 4. The van der Waals surface area contributed by atoms with E-state index in [0.717, 1.165) is 36.8 Å². The molecule has 1 aliphatic carbocycles. The van der Waals surface area contributed by atoms with Crippen LogP contribution in [0.15, 0.2) is 35.9 Å². The number of aromatic hydroxyl groups is 1.